The summed E-state index contributed by atoms with van der Waals surface area (Å²) in [5.41, 5.74) is 2.21. The number of aromatic nitrogens is 1. The van der Waals surface area contributed by atoms with Crippen molar-refractivity contribution in [2.45, 2.75) is 51.4 Å². The predicted octanol–water partition coefficient (Wildman–Crippen LogP) is 3.13. The fourth-order valence-corrected chi connectivity index (χ4v) is 4.56. The van der Waals surface area contributed by atoms with E-state index < -0.39 is 12.1 Å². The van der Waals surface area contributed by atoms with Crippen LogP contribution in [0, 0.1) is 5.92 Å². The van der Waals surface area contributed by atoms with Crippen molar-refractivity contribution in [1.82, 2.24) is 20.5 Å². The van der Waals surface area contributed by atoms with E-state index in [1.807, 2.05) is 62.4 Å². The van der Waals surface area contributed by atoms with Gasteiger partial charge >= 0.3 is 0 Å². The van der Waals surface area contributed by atoms with Crippen LogP contribution in [0.1, 0.15) is 42.7 Å². The average Bonchev–Trinajstić information content (AvgIpc) is 2.85. The summed E-state index contributed by atoms with van der Waals surface area (Å²) in [5, 5.41) is 17.6. The predicted molar refractivity (Wildman–Crippen MR) is 137 cm³/mol. The molecule has 2 aromatic carbocycles. The second kappa shape index (κ2) is 11.4. The summed E-state index contributed by atoms with van der Waals surface area (Å²) in [7, 11) is 0. The van der Waals surface area contributed by atoms with E-state index in [0.717, 1.165) is 24.0 Å². The molecule has 1 aliphatic heterocycles. The van der Waals surface area contributed by atoms with Gasteiger partial charge in [0.05, 0.1) is 17.7 Å². The molecule has 1 fully saturated rings. The van der Waals surface area contributed by atoms with Crippen LogP contribution in [0.3, 0.4) is 0 Å². The summed E-state index contributed by atoms with van der Waals surface area (Å²) in [6.45, 7) is 6.06. The van der Waals surface area contributed by atoms with Crippen LogP contribution >= 0.6 is 0 Å². The van der Waals surface area contributed by atoms with Crippen LogP contribution in [0.15, 0.2) is 66.7 Å². The van der Waals surface area contributed by atoms with Gasteiger partial charge in [0.2, 0.25) is 5.91 Å². The Bertz CT molecular complexity index is 1150. The monoisotopic (exact) mass is 474 g/mol. The van der Waals surface area contributed by atoms with E-state index in [-0.39, 0.29) is 29.5 Å². The first-order valence-electron chi connectivity index (χ1n) is 12.3. The SMILES string of the molecule is CC(C)C[C@H](NC(=O)c1ccc2ccccc2n1)C(=O)NC1CCN(Cc2ccccc2)CC1O. The lowest BCUT2D eigenvalue weighted by molar-refractivity contribution is -0.125. The summed E-state index contributed by atoms with van der Waals surface area (Å²) >= 11 is 0. The third kappa shape index (κ3) is 6.65. The fourth-order valence-electron chi connectivity index (χ4n) is 4.56. The topological polar surface area (TPSA) is 94.6 Å². The van der Waals surface area contributed by atoms with Crippen LogP contribution in [0.4, 0.5) is 0 Å². The van der Waals surface area contributed by atoms with E-state index in [4.69, 9.17) is 0 Å². The highest BCUT2D eigenvalue weighted by molar-refractivity contribution is 5.97. The van der Waals surface area contributed by atoms with Crippen molar-refractivity contribution in [3.8, 4) is 0 Å². The van der Waals surface area contributed by atoms with Gasteiger partial charge < -0.3 is 15.7 Å². The second-order valence-electron chi connectivity index (χ2n) is 9.74. The molecule has 7 nitrogen and oxygen atoms in total. The van der Waals surface area contributed by atoms with Crippen LogP contribution in [0.2, 0.25) is 0 Å². The maximum absolute atomic E-state index is 13.2. The zero-order valence-electron chi connectivity index (χ0n) is 20.4. The molecule has 4 rings (SSSR count). The van der Waals surface area contributed by atoms with Gasteiger partial charge in [-0.2, -0.15) is 0 Å². The molecule has 0 aliphatic carbocycles. The molecule has 184 valence electrons. The number of aliphatic hydroxyl groups is 1. The number of amides is 2. The molecule has 0 bridgehead atoms. The van der Waals surface area contributed by atoms with Gasteiger partial charge in [0.15, 0.2) is 0 Å². The second-order valence-corrected chi connectivity index (χ2v) is 9.74. The molecule has 1 saturated heterocycles. The number of rotatable bonds is 8. The smallest absolute Gasteiger partial charge is 0.270 e. The number of pyridine rings is 1. The largest absolute Gasteiger partial charge is 0.390 e. The lowest BCUT2D eigenvalue weighted by Crippen LogP contribution is -2.57. The molecule has 3 aromatic rings. The van der Waals surface area contributed by atoms with Gasteiger partial charge in [-0.25, -0.2) is 4.98 Å². The number of piperidine rings is 1. The Kier molecular flexibility index (Phi) is 8.10. The van der Waals surface area contributed by atoms with Crippen molar-refractivity contribution in [2.24, 2.45) is 5.92 Å². The first kappa shape index (κ1) is 24.8. The highest BCUT2D eigenvalue weighted by atomic mass is 16.3. The van der Waals surface area contributed by atoms with Gasteiger partial charge in [-0.3, -0.25) is 14.5 Å². The highest BCUT2D eigenvalue weighted by Crippen LogP contribution is 2.16. The number of carbonyl (C=O) groups is 2. The minimum atomic E-state index is -0.703. The summed E-state index contributed by atoms with van der Waals surface area (Å²) in [5.74, 6) is -0.448. The number of hydrogen-bond donors (Lipinski definition) is 3. The van der Waals surface area contributed by atoms with E-state index in [1.165, 1.54) is 5.56 Å². The number of hydrogen-bond acceptors (Lipinski definition) is 5. The van der Waals surface area contributed by atoms with Crippen LogP contribution in [-0.4, -0.2) is 58.1 Å². The quantitative estimate of drug-likeness (QED) is 0.466. The molecule has 1 aliphatic rings. The summed E-state index contributed by atoms with van der Waals surface area (Å²) in [4.78, 5) is 32.8. The van der Waals surface area contributed by atoms with Crippen LogP contribution in [-0.2, 0) is 11.3 Å². The van der Waals surface area contributed by atoms with Crippen LogP contribution in [0.5, 0.6) is 0 Å². The molecule has 3 atom stereocenters. The lowest BCUT2D eigenvalue weighted by Gasteiger charge is -2.37. The number of fused-ring (bicyclic) bond motifs is 1. The average molecular weight is 475 g/mol. The number of benzene rings is 2. The number of para-hydroxylation sites is 1. The summed E-state index contributed by atoms with van der Waals surface area (Å²) < 4.78 is 0. The highest BCUT2D eigenvalue weighted by Gasteiger charge is 2.31. The number of nitrogens with zero attached hydrogens (tertiary/aromatic N) is 2. The molecular formula is C28H34N4O3. The Hall–Kier alpha value is -3.29. The molecule has 7 heteroatoms. The van der Waals surface area contributed by atoms with Gasteiger partial charge in [-0.15, -0.1) is 0 Å². The van der Waals surface area contributed by atoms with Crippen molar-refractivity contribution < 1.29 is 14.7 Å². The van der Waals surface area contributed by atoms with Gasteiger partial charge in [-0.05, 0) is 36.5 Å². The van der Waals surface area contributed by atoms with Crippen molar-refractivity contribution in [2.75, 3.05) is 13.1 Å². The molecular weight excluding hydrogens is 440 g/mol. The third-order valence-corrected chi connectivity index (χ3v) is 6.40. The zero-order chi connectivity index (χ0) is 24.8. The number of likely N-dealkylation sites (tertiary alicyclic amines) is 1. The minimum Gasteiger partial charge on any atom is -0.390 e. The Labute approximate surface area is 206 Å². The number of β-amino-alcohol motifs (C(OH)–C–C–N with tert-alkyl or cyclic N) is 1. The Morgan fingerprint density at radius 2 is 1.80 bits per heavy atom. The third-order valence-electron chi connectivity index (χ3n) is 6.40. The number of aliphatic hydroxyl groups excluding tert-OH is 1. The molecule has 3 N–H and O–H groups in total. The number of nitrogens with one attached hydrogen (secondary N) is 2. The fraction of sp³-hybridized carbons (Fsp3) is 0.393. The molecule has 2 unspecified atom stereocenters. The first-order chi connectivity index (χ1) is 16.9. The van der Waals surface area contributed by atoms with Crippen LogP contribution in [0.25, 0.3) is 10.9 Å². The first-order valence-corrected chi connectivity index (χ1v) is 12.3. The van der Waals surface area contributed by atoms with Gasteiger partial charge in [-0.1, -0.05) is 68.4 Å². The summed E-state index contributed by atoms with van der Waals surface area (Å²) in [6, 6.07) is 20.2. The molecule has 1 aromatic heterocycles. The standard InChI is InChI=1S/C28H34N4O3/c1-19(2)16-25(31-27(34)24-13-12-21-10-6-7-11-22(21)29-24)28(35)30-23-14-15-32(18-26(23)33)17-20-8-4-3-5-9-20/h3-13,19,23,25-26,33H,14-18H2,1-2H3,(H,30,35)(H,31,34)/t23?,25-,26?/m0/s1. The van der Waals surface area contributed by atoms with E-state index in [9.17, 15) is 14.7 Å². The van der Waals surface area contributed by atoms with E-state index in [1.54, 1.807) is 6.07 Å². The normalized spacial score (nSPS) is 19.4. The number of carbonyl (C=O) groups excluding carboxylic acids is 2. The van der Waals surface area contributed by atoms with E-state index >= 15 is 0 Å². The molecule has 2 heterocycles. The molecule has 0 radical (unpaired) electrons. The Morgan fingerprint density at radius 3 is 2.54 bits per heavy atom. The van der Waals surface area contributed by atoms with Crippen molar-refractivity contribution >= 4 is 22.7 Å². The van der Waals surface area contributed by atoms with Gasteiger partial charge in [0.25, 0.3) is 5.91 Å². The van der Waals surface area contributed by atoms with Crippen LogP contribution < -0.4 is 10.6 Å². The Morgan fingerprint density at radius 1 is 1.06 bits per heavy atom. The van der Waals surface area contributed by atoms with E-state index in [0.29, 0.717) is 19.4 Å². The van der Waals surface area contributed by atoms with Crippen molar-refractivity contribution in [3.63, 3.8) is 0 Å². The lowest BCUT2D eigenvalue weighted by atomic mass is 9.98. The van der Waals surface area contributed by atoms with Crippen molar-refractivity contribution in [3.05, 3.63) is 78.0 Å². The van der Waals surface area contributed by atoms with E-state index in [2.05, 4.69) is 32.7 Å². The molecule has 0 spiro atoms. The maximum atomic E-state index is 13.2. The Balaban J connectivity index is 1.37. The molecule has 2 amide bonds. The van der Waals surface area contributed by atoms with Gasteiger partial charge in [0.1, 0.15) is 11.7 Å². The van der Waals surface area contributed by atoms with Crippen molar-refractivity contribution in [1.29, 1.82) is 0 Å². The minimum absolute atomic E-state index is 0.202. The van der Waals surface area contributed by atoms with Gasteiger partial charge in [0, 0.05) is 25.0 Å². The summed E-state index contributed by atoms with van der Waals surface area (Å²) in [6.07, 6.45) is 0.469. The molecule has 35 heavy (non-hydrogen) atoms. The maximum Gasteiger partial charge on any atom is 0.270 e. The molecule has 0 saturated carbocycles. The zero-order valence-corrected chi connectivity index (χ0v) is 20.4.